The first-order valence-electron chi connectivity index (χ1n) is 5.17. The fraction of sp³-hybridized carbons (Fsp3) is 0.636. The van der Waals surface area contributed by atoms with E-state index in [4.69, 9.17) is 10.5 Å². The number of aryl methyl sites for hydroxylation is 1. The maximum Gasteiger partial charge on any atom is 0.0469 e. The van der Waals surface area contributed by atoms with E-state index in [1.54, 1.807) is 0 Å². The van der Waals surface area contributed by atoms with Gasteiger partial charge in [0.05, 0.1) is 0 Å². The van der Waals surface area contributed by atoms with Gasteiger partial charge in [-0.3, -0.25) is 0 Å². The molecule has 2 N–H and O–H groups in total. The van der Waals surface area contributed by atoms with Crippen LogP contribution in [0.3, 0.4) is 0 Å². The molecule has 1 atom stereocenters. The predicted molar refractivity (Wildman–Crippen MR) is 59.5 cm³/mol. The number of nitrogens with two attached hydrogens (primary N) is 1. The van der Waals surface area contributed by atoms with Crippen molar-refractivity contribution in [3.63, 3.8) is 0 Å². The van der Waals surface area contributed by atoms with E-state index < -0.39 is 0 Å². The van der Waals surface area contributed by atoms with Crippen molar-refractivity contribution in [1.82, 2.24) is 0 Å². The summed E-state index contributed by atoms with van der Waals surface area (Å²) >= 11 is 1.82. The molecule has 0 spiro atoms. The Morgan fingerprint density at radius 1 is 1.43 bits per heavy atom. The second-order valence-corrected chi connectivity index (χ2v) is 5.24. The molecule has 0 unspecified atom stereocenters. The summed E-state index contributed by atoms with van der Waals surface area (Å²) in [7, 11) is 0. The van der Waals surface area contributed by atoms with Crippen molar-refractivity contribution in [2.24, 2.45) is 11.7 Å². The highest BCUT2D eigenvalue weighted by atomic mass is 32.1. The quantitative estimate of drug-likeness (QED) is 0.815. The molecule has 1 fully saturated rings. The Labute approximate surface area is 89.1 Å². The normalized spacial score (nSPS) is 21.0. The van der Waals surface area contributed by atoms with Crippen molar-refractivity contribution in [3.05, 3.63) is 21.9 Å². The molecule has 0 saturated carbocycles. The number of ether oxygens (including phenoxy) is 1. The van der Waals surface area contributed by atoms with Crippen LogP contribution in [-0.4, -0.2) is 13.2 Å². The molecule has 14 heavy (non-hydrogen) atoms. The molecule has 0 aliphatic carbocycles. The molecular formula is C11H17NOS. The molecule has 1 aromatic rings. The van der Waals surface area contributed by atoms with E-state index >= 15 is 0 Å². The van der Waals surface area contributed by atoms with Crippen LogP contribution in [0.15, 0.2) is 12.1 Å². The Kier molecular flexibility index (Phi) is 3.21. The van der Waals surface area contributed by atoms with E-state index in [1.807, 2.05) is 11.3 Å². The van der Waals surface area contributed by atoms with E-state index in [0.717, 1.165) is 26.1 Å². The lowest BCUT2D eigenvalue weighted by Gasteiger charge is -2.26. The largest absolute Gasteiger partial charge is 0.381 e. The Morgan fingerprint density at radius 3 is 2.71 bits per heavy atom. The average molecular weight is 211 g/mol. The lowest BCUT2D eigenvalue weighted by Crippen LogP contribution is -2.26. The second kappa shape index (κ2) is 4.43. The molecule has 1 aliphatic rings. The van der Waals surface area contributed by atoms with Crippen molar-refractivity contribution in [3.8, 4) is 0 Å². The third kappa shape index (κ3) is 2.16. The predicted octanol–water partition coefficient (Wildman–Crippen LogP) is 2.48. The van der Waals surface area contributed by atoms with Crippen LogP contribution < -0.4 is 5.73 Å². The van der Waals surface area contributed by atoms with Gasteiger partial charge in [-0.15, -0.1) is 11.3 Å². The molecule has 2 rings (SSSR count). The van der Waals surface area contributed by atoms with Gasteiger partial charge < -0.3 is 10.5 Å². The molecule has 2 nitrogen and oxygen atoms in total. The summed E-state index contributed by atoms with van der Waals surface area (Å²) in [5, 5.41) is 0. The minimum absolute atomic E-state index is 0.220. The number of hydrogen-bond donors (Lipinski definition) is 1. The molecular weight excluding hydrogens is 194 g/mol. The third-order valence-electron chi connectivity index (χ3n) is 2.86. The minimum atomic E-state index is 0.220. The SMILES string of the molecule is Cc1ccc([C@@H](N)C2CCOCC2)s1. The lowest BCUT2D eigenvalue weighted by molar-refractivity contribution is 0.0587. The van der Waals surface area contributed by atoms with Gasteiger partial charge >= 0.3 is 0 Å². The van der Waals surface area contributed by atoms with Crippen LogP contribution in [0.1, 0.15) is 28.6 Å². The topological polar surface area (TPSA) is 35.2 Å². The van der Waals surface area contributed by atoms with E-state index in [0.29, 0.717) is 5.92 Å². The molecule has 1 aliphatic heterocycles. The first-order valence-corrected chi connectivity index (χ1v) is 5.98. The van der Waals surface area contributed by atoms with Crippen LogP contribution in [0, 0.1) is 12.8 Å². The zero-order chi connectivity index (χ0) is 9.97. The van der Waals surface area contributed by atoms with Gasteiger partial charge in [0.1, 0.15) is 0 Å². The Morgan fingerprint density at radius 2 is 2.14 bits per heavy atom. The molecule has 1 aromatic heterocycles. The summed E-state index contributed by atoms with van der Waals surface area (Å²) in [6.07, 6.45) is 2.22. The number of thiophene rings is 1. The van der Waals surface area contributed by atoms with E-state index in [1.165, 1.54) is 9.75 Å². The summed E-state index contributed by atoms with van der Waals surface area (Å²) in [5.74, 6) is 0.613. The van der Waals surface area contributed by atoms with Gasteiger partial charge in [0, 0.05) is 29.0 Å². The summed E-state index contributed by atoms with van der Waals surface area (Å²) in [4.78, 5) is 2.68. The van der Waals surface area contributed by atoms with Gasteiger partial charge in [0.2, 0.25) is 0 Å². The van der Waals surface area contributed by atoms with Gasteiger partial charge in [-0.1, -0.05) is 0 Å². The van der Waals surface area contributed by atoms with Gasteiger partial charge in [0.15, 0.2) is 0 Å². The van der Waals surface area contributed by atoms with Crippen molar-refractivity contribution >= 4 is 11.3 Å². The fourth-order valence-corrected chi connectivity index (χ4v) is 2.91. The van der Waals surface area contributed by atoms with E-state index in [9.17, 15) is 0 Å². The van der Waals surface area contributed by atoms with Crippen molar-refractivity contribution in [2.75, 3.05) is 13.2 Å². The smallest absolute Gasteiger partial charge is 0.0469 e. The Hall–Kier alpha value is -0.380. The van der Waals surface area contributed by atoms with Gasteiger partial charge in [-0.2, -0.15) is 0 Å². The highest BCUT2D eigenvalue weighted by molar-refractivity contribution is 7.12. The monoisotopic (exact) mass is 211 g/mol. The van der Waals surface area contributed by atoms with Crippen LogP contribution in [0.25, 0.3) is 0 Å². The van der Waals surface area contributed by atoms with E-state index in [2.05, 4.69) is 19.1 Å². The highest BCUT2D eigenvalue weighted by Gasteiger charge is 2.22. The van der Waals surface area contributed by atoms with E-state index in [-0.39, 0.29) is 6.04 Å². The van der Waals surface area contributed by atoms with Crippen molar-refractivity contribution in [2.45, 2.75) is 25.8 Å². The molecule has 3 heteroatoms. The summed E-state index contributed by atoms with van der Waals surface area (Å²) in [5.41, 5.74) is 6.24. The molecule has 78 valence electrons. The number of rotatable bonds is 2. The van der Waals surface area contributed by atoms with Crippen LogP contribution in [-0.2, 0) is 4.74 Å². The maximum absolute atomic E-state index is 6.24. The van der Waals surface area contributed by atoms with Crippen LogP contribution in [0.2, 0.25) is 0 Å². The zero-order valence-corrected chi connectivity index (χ0v) is 9.35. The van der Waals surface area contributed by atoms with Crippen LogP contribution in [0.5, 0.6) is 0 Å². The van der Waals surface area contributed by atoms with Crippen LogP contribution >= 0.6 is 11.3 Å². The number of hydrogen-bond acceptors (Lipinski definition) is 3. The molecule has 0 amide bonds. The molecule has 0 radical (unpaired) electrons. The first-order chi connectivity index (χ1) is 6.77. The lowest BCUT2D eigenvalue weighted by atomic mass is 9.91. The highest BCUT2D eigenvalue weighted by Crippen LogP contribution is 2.31. The minimum Gasteiger partial charge on any atom is -0.381 e. The summed E-state index contributed by atoms with van der Waals surface area (Å²) < 4.78 is 5.34. The van der Waals surface area contributed by atoms with Gasteiger partial charge in [-0.25, -0.2) is 0 Å². The third-order valence-corrected chi connectivity index (χ3v) is 3.97. The van der Waals surface area contributed by atoms with Gasteiger partial charge in [-0.05, 0) is 37.8 Å². The Bertz CT molecular complexity index is 291. The van der Waals surface area contributed by atoms with Gasteiger partial charge in [0.25, 0.3) is 0 Å². The Balaban J connectivity index is 2.03. The zero-order valence-electron chi connectivity index (χ0n) is 8.53. The van der Waals surface area contributed by atoms with Crippen molar-refractivity contribution < 1.29 is 4.74 Å². The molecule has 0 aromatic carbocycles. The second-order valence-electron chi connectivity index (χ2n) is 3.92. The summed E-state index contributed by atoms with van der Waals surface area (Å²) in [6, 6.07) is 4.54. The fourth-order valence-electron chi connectivity index (χ4n) is 1.94. The maximum atomic E-state index is 6.24. The first kappa shape index (κ1) is 10.1. The molecule has 2 heterocycles. The molecule has 0 bridgehead atoms. The average Bonchev–Trinajstić information content (AvgIpc) is 2.65. The van der Waals surface area contributed by atoms with Crippen LogP contribution in [0.4, 0.5) is 0 Å². The summed E-state index contributed by atoms with van der Waals surface area (Å²) in [6.45, 7) is 3.89. The standard InChI is InChI=1S/C11H17NOS/c1-8-2-3-10(14-8)11(12)9-4-6-13-7-5-9/h2-3,9,11H,4-7,12H2,1H3/t11-/m0/s1. The van der Waals surface area contributed by atoms with Crippen molar-refractivity contribution in [1.29, 1.82) is 0 Å². The molecule has 1 saturated heterocycles.